The molecule has 0 bridgehead atoms. The lowest BCUT2D eigenvalue weighted by atomic mass is 9.95. The minimum atomic E-state index is -3.27. The van der Waals surface area contributed by atoms with Gasteiger partial charge < -0.3 is 5.73 Å². The molecule has 0 aromatic carbocycles. The maximum atomic E-state index is 11.8. The molecule has 102 valence electrons. The fourth-order valence-corrected chi connectivity index (χ4v) is 2.47. The smallest absolute Gasteiger partial charge is 0.211 e. The summed E-state index contributed by atoms with van der Waals surface area (Å²) < 4.78 is 26.2. The van der Waals surface area contributed by atoms with Gasteiger partial charge in [-0.2, -0.15) is 0 Å². The number of hydrogen-bond donors (Lipinski definition) is 2. The molecule has 0 spiro atoms. The highest BCUT2D eigenvalue weighted by Gasteiger charge is 2.19. The van der Waals surface area contributed by atoms with E-state index in [-0.39, 0.29) is 11.2 Å². The Hall–Kier alpha value is -0.980. The number of nitrogens with two attached hydrogens (primary N) is 1. The number of nitrogens with zero attached hydrogens (tertiary/aromatic N) is 1. The van der Waals surface area contributed by atoms with Crippen LogP contribution in [-0.4, -0.2) is 32.2 Å². The maximum Gasteiger partial charge on any atom is 0.211 e. The Morgan fingerprint density at radius 1 is 1.39 bits per heavy atom. The first kappa shape index (κ1) is 15.1. The lowest BCUT2D eigenvalue weighted by Crippen LogP contribution is -2.39. The van der Waals surface area contributed by atoms with Crippen LogP contribution < -0.4 is 10.5 Å². The Bertz CT molecular complexity index is 457. The number of sulfonamides is 1. The molecule has 1 aromatic rings. The summed E-state index contributed by atoms with van der Waals surface area (Å²) in [6.07, 6.45) is 2.08. The highest BCUT2D eigenvalue weighted by atomic mass is 32.2. The molecule has 6 heteroatoms. The Morgan fingerprint density at radius 3 is 2.67 bits per heavy atom. The first-order chi connectivity index (χ1) is 8.35. The van der Waals surface area contributed by atoms with E-state index in [9.17, 15) is 8.42 Å². The average molecular weight is 271 g/mol. The van der Waals surface area contributed by atoms with E-state index in [4.69, 9.17) is 5.73 Å². The summed E-state index contributed by atoms with van der Waals surface area (Å²) in [7, 11) is -3.27. The number of aromatic nitrogens is 1. The van der Waals surface area contributed by atoms with Crippen LogP contribution in [0.25, 0.3) is 0 Å². The van der Waals surface area contributed by atoms with Crippen LogP contribution in [0.15, 0.2) is 24.4 Å². The summed E-state index contributed by atoms with van der Waals surface area (Å²) >= 11 is 0. The van der Waals surface area contributed by atoms with E-state index in [0.29, 0.717) is 19.5 Å². The summed E-state index contributed by atoms with van der Waals surface area (Å²) in [6.45, 7) is 4.65. The molecule has 0 fully saturated rings. The second-order valence-corrected chi connectivity index (χ2v) is 7.01. The summed E-state index contributed by atoms with van der Waals surface area (Å²) in [6, 6.07) is 5.47. The van der Waals surface area contributed by atoms with Crippen molar-refractivity contribution in [2.45, 2.75) is 20.3 Å². The molecule has 0 saturated heterocycles. The van der Waals surface area contributed by atoms with Crippen LogP contribution in [0.2, 0.25) is 0 Å². The van der Waals surface area contributed by atoms with Crippen molar-refractivity contribution >= 4 is 10.0 Å². The van der Waals surface area contributed by atoms with Crippen LogP contribution in [0.4, 0.5) is 0 Å². The number of aryl methyl sites for hydroxylation is 1. The van der Waals surface area contributed by atoms with Crippen molar-refractivity contribution in [3.05, 3.63) is 30.1 Å². The SMILES string of the molecule is CC(C)(CN)CNS(=O)(=O)CCc1ccccn1. The molecule has 3 N–H and O–H groups in total. The normalized spacial score (nSPS) is 12.6. The van der Waals surface area contributed by atoms with Crippen molar-refractivity contribution in [3.8, 4) is 0 Å². The zero-order valence-corrected chi connectivity index (χ0v) is 11.7. The summed E-state index contributed by atoms with van der Waals surface area (Å²) in [5.74, 6) is 0.0463. The van der Waals surface area contributed by atoms with E-state index in [1.54, 1.807) is 12.3 Å². The fourth-order valence-electron chi connectivity index (χ4n) is 1.23. The molecule has 0 atom stereocenters. The Balaban J connectivity index is 2.46. The Morgan fingerprint density at radius 2 is 2.11 bits per heavy atom. The highest BCUT2D eigenvalue weighted by molar-refractivity contribution is 7.89. The lowest BCUT2D eigenvalue weighted by molar-refractivity contribution is 0.376. The third-order valence-electron chi connectivity index (χ3n) is 2.68. The molecule has 0 radical (unpaired) electrons. The van der Waals surface area contributed by atoms with Gasteiger partial charge in [0, 0.05) is 24.9 Å². The Kier molecular flexibility index (Phi) is 5.25. The van der Waals surface area contributed by atoms with Crippen LogP contribution in [-0.2, 0) is 16.4 Å². The lowest BCUT2D eigenvalue weighted by Gasteiger charge is -2.22. The van der Waals surface area contributed by atoms with E-state index in [1.807, 2.05) is 26.0 Å². The zero-order chi connectivity index (χ0) is 13.6. The quantitative estimate of drug-likeness (QED) is 0.757. The van der Waals surface area contributed by atoms with E-state index in [2.05, 4.69) is 9.71 Å². The predicted molar refractivity (Wildman–Crippen MR) is 72.6 cm³/mol. The van der Waals surface area contributed by atoms with Crippen molar-refractivity contribution in [1.29, 1.82) is 0 Å². The van der Waals surface area contributed by atoms with E-state index in [1.165, 1.54) is 0 Å². The summed E-state index contributed by atoms with van der Waals surface area (Å²) in [5.41, 5.74) is 6.11. The minimum Gasteiger partial charge on any atom is -0.330 e. The molecule has 0 saturated carbocycles. The third-order valence-corrected chi connectivity index (χ3v) is 4.00. The van der Waals surface area contributed by atoms with Crippen LogP contribution in [0.3, 0.4) is 0 Å². The van der Waals surface area contributed by atoms with Gasteiger partial charge in [-0.1, -0.05) is 19.9 Å². The van der Waals surface area contributed by atoms with Gasteiger partial charge in [0.15, 0.2) is 0 Å². The van der Waals surface area contributed by atoms with Gasteiger partial charge in [-0.05, 0) is 24.1 Å². The topological polar surface area (TPSA) is 85.1 Å². The van der Waals surface area contributed by atoms with Gasteiger partial charge in [0.25, 0.3) is 0 Å². The monoisotopic (exact) mass is 271 g/mol. The molecule has 0 amide bonds. The average Bonchev–Trinajstić information content (AvgIpc) is 2.36. The van der Waals surface area contributed by atoms with Crippen LogP contribution in [0.5, 0.6) is 0 Å². The van der Waals surface area contributed by atoms with Crippen LogP contribution in [0.1, 0.15) is 19.5 Å². The zero-order valence-electron chi connectivity index (χ0n) is 10.9. The van der Waals surface area contributed by atoms with E-state index in [0.717, 1.165) is 5.69 Å². The van der Waals surface area contributed by atoms with E-state index >= 15 is 0 Å². The summed E-state index contributed by atoms with van der Waals surface area (Å²) in [5, 5.41) is 0. The number of hydrogen-bond acceptors (Lipinski definition) is 4. The molecule has 18 heavy (non-hydrogen) atoms. The van der Waals surface area contributed by atoms with Gasteiger partial charge in [0.2, 0.25) is 10.0 Å². The standard InChI is InChI=1S/C12H21N3O2S/c1-12(2,9-13)10-15-18(16,17)8-6-11-5-3-4-7-14-11/h3-5,7,15H,6,8-10,13H2,1-2H3. The second kappa shape index (κ2) is 6.26. The molecule has 0 aliphatic rings. The largest absolute Gasteiger partial charge is 0.330 e. The molecule has 0 aliphatic heterocycles. The Labute approximate surface area is 109 Å². The molecule has 5 nitrogen and oxygen atoms in total. The van der Waals surface area contributed by atoms with Crippen molar-refractivity contribution in [3.63, 3.8) is 0 Å². The van der Waals surface area contributed by atoms with Crippen LogP contribution in [0, 0.1) is 5.41 Å². The molecule has 1 rings (SSSR count). The predicted octanol–water partition coefficient (Wildman–Crippen LogP) is 0.528. The number of pyridine rings is 1. The first-order valence-corrected chi connectivity index (χ1v) is 7.57. The highest BCUT2D eigenvalue weighted by Crippen LogP contribution is 2.10. The van der Waals surface area contributed by atoms with Crippen molar-refractivity contribution in [2.24, 2.45) is 11.1 Å². The first-order valence-electron chi connectivity index (χ1n) is 5.92. The second-order valence-electron chi connectivity index (χ2n) is 5.08. The van der Waals surface area contributed by atoms with Gasteiger partial charge in [-0.3, -0.25) is 4.98 Å². The maximum absolute atomic E-state index is 11.8. The van der Waals surface area contributed by atoms with E-state index < -0.39 is 10.0 Å². The molecular formula is C12H21N3O2S. The summed E-state index contributed by atoms with van der Waals surface area (Å²) in [4.78, 5) is 4.09. The van der Waals surface area contributed by atoms with Gasteiger partial charge in [0.05, 0.1) is 5.75 Å². The van der Waals surface area contributed by atoms with Gasteiger partial charge in [-0.15, -0.1) is 0 Å². The molecule has 0 aliphatic carbocycles. The molecule has 0 unspecified atom stereocenters. The number of nitrogens with one attached hydrogen (secondary N) is 1. The fraction of sp³-hybridized carbons (Fsp3) is 0.583. The van der Waals surface area contributed by atoms with Gasteiger partial charge >= 0.3 is 0 Å². The molecule has 1 aromatic heterocycles. The minimum absolute atomic E-state index is 0.0463. The third kappa shape index (κ3) is 5.57. The molecule has 1 heterocycles. The number of rotatable bonds is 7. The van der Waals surface area contributed by atoms with Crippen LogP contribution >= 0.6 is 0 Å². The van der Waals surface area contributed by atoms with Gasteiger partial charge in [0.1, 0.15) is 0 Å². The molecular weight excluding hydrogens is 250 g/mol. The van der Waals surface area contributed by atoms with Crippen molar-refractivity contribution in [1.82, 2.24) is 9.71 Å². The van der Waals surface area contributed by atoms with Crippen molar-refractivity contribution < 1.29 is 8.42 Å². The van der Waals surface area contributed by atoms with Gasteiger partial charge in [-0.25, -0.2) is 13.1 Å². The van der Waals surface area contributed by atoms with Crippen molar-refractivity contribution in [2.75, 3.05) is 18.8 Å².